The van der Waals surface area contributed by atoms with Crippen LogP contribution in [0.25, 0.3) is 0 Å². The summed E-state index contributed by atoms with van der Waals surface area (Å²) in [5.41, 5.74) is -0.955. The molecule has 1 unspecified atom stereocenters. The molecule has 1 aliphatic rings. The van der Waals surface area contributed by atoms with Crippen LogP contribution in [0, 0.1) is 0 Å². The third kappa shape index (κ3) is 3.53. The summed E-state index contributed by atoms with van der Waals surface area (Å²) in [6.07, 6.45) is 2.46. The van der Waals surface area contributed by atoms with Crippen LogP contribution in [0.2, 0.25) is 0 Å². The standard InChI is InChI=1S/C5H10O7P2/c1-5(2)3-4-10-14(9,11-5)12-13(6,7)8/h3-4H,1-2H3,(H2,6,7,8). The second-order valence-corrected chi connectivity index (χ2v) is 6.04. The number of hydrogen-bond donors (Lipinski definition) is 2. The Labute approximate surface area is 80.5 Å². The second-order valence-electron chi connectivity index (χ2n) is 3.12. The van der Waals surface area contributed by atoms with Gasteiger partial charge in [-0.15, -0.1) is 0 Å². The highest BCUT2D eigenvalue weighted by molar-refractivity contribution is 7.61. The molecule has 0 aliphatic carbocycles. The molecule has 0 aromatic rings. The molecule has 82 valence electrons. The van der Waals surface area contributed by atoms with E-state index in [-0.39, 0.29) is 0 Å². The first kappa shape index (κ1) is 11.9. The van der Waals surface area contributed by atoms with E-state index in [0.717, 1.165) is 6.26 Å². The van der Waals surface area contributed by atoms with Crippen molar-refractivity contribution in [1.82, 2.24) is 0 Å². The molecule has 0 saturated carbocycles. The Balaban J connectivity index is 2.84. The van der Waals surface area contributed by atoms with E-state index in [1.54, 1.807) is 13.8 Å². The van der Waals surface area contributed by atoms with Crippen LogP contribution in [0.15, 0.2) is 12.3 Å². The lowest BCUT2D eigenvalue weighted by atomic mass is 10.1. The van der Waals surface area contributed by atoms with Gasteiger partial charge in [0.25, 0.3) is 0 Å². The fourth-order valence-electron chi connectivity index (χ4n) is 0.775. The Bertz CT molecular complexity index is 340. The molecule has 0 spiro atoms. The average molecular weight is 244 g/mol. The Morgan fingerprint density at radius 1 is 1.50 bits per heavy atom. The third-order valence-corrected chi connectivity index (χ3v) is 3.94. The van der Waals surface area contributed by atoms with E-state index in [9.17, 15) is 9.13 Å². The van der Waals surface area contributed by atoms with Gasteiger partial charge in [0.15, 0.2) is 0 Å². The van der Waals surface area contributed by atoms with Crippen LogP contribution in [-0.2, 0) is 22.5 Å². The van der Waals surface area contributed by atoms with Crippen LogP contribution in [0.1, 0.15) is 13.8 Å². The van der Waals surface area contributed by atoms with E-state index in [4.69, 9.17) is 14.3 Å². The van der Waals surface area contributed by atoms with Gasteiger partial charge in [0.1, 0.15) is 0 Å². The highest BCUT2D eigenvalue weighted by atomic mass is 31.3. The molecular weight excluding hydrogens is 234 g/mol. The van der Waals surface area contributed by atoms with E-state index in [2.05, 4.69) is 8.83 Å². The molecule has 0 bridgehead atoms. The molecule has 0 radical (unpaired) electrons. The lowest BCUT2D eigenvalue weighted by Crippen LogP contribution is -2.23. The first-order valence-corrected chi connectivity index (χ1v) is 6.55. The maximum absolute atomic E-state index is 11.5. The van der Waals surface area contributed by atoms with Gasteiger partial charge in [0.2, 0.25) is 0 Å². The summed E-state index contributed by atoms with van der Waals surface area (Å²) in [7, 11) is -9.11. The molecule has 0 aromatic heterocycles. The van der Waals surface area contributed by atoms with E-state index >= 15 is 0 Å². The maximum atomic E-state index is 11.5. The summed E-state index contributed by atoms with van der Waals surface area (Å²) in [6, 6.07) is 0. The van der Waals surface area contributed by atoms with Crippen molar-refractivity contribution in [3.63, 3.8) is 0 Å². The predicted molar refractivity (Wildman–Crippen MR) is 46.1 cm³/mol. The molecule has 0 saturated heterocycles. The van der Waals surface area contributed by atoms with E-state index in [0.29, 0.717) is 0 Å². The van der Waals surface area contributed by atoms with Gasteiger partial charge in [-0.2, -0.15) is 4.31 Å². The van der Waals surface area contributed by atoms with Crippen LogP contribution in [0.3, 0.4) is 0 Å². The molecule has 2 N–H and O–H groups in total. The van der Waals surface area contributed by atoms with Gasteiger partial charge in [-0.25, -0.2) is 9.13 Å². The molecule has 1 aliphatic heterocycles. The van der Waals surface area contributed by atoms with Crippen LogP contribution in [0.4, 0.5) is 0 Å². The molecule has 1 heterocycles. The highest BCUT2D eigenvalue weighted by Gasteiger charge is 2.43. The van der Waals surface area contributed by atoms with Crippen molar-refractivity contribution in [3.05, 3.63) is 12.3 Å². The number of phosphoric ester groups is 1. The minimum atomic E-state index is -4.90. The normalized spacial score (nSPS) is 31.1. The Morgan fingerprint density at radius 2 is 2.07 bits per heavy atom. The third-order valence-electron chi connectivity index (χ3n) is 1.21. The smallest absolute Gasteiger partial charge is 0.412 e. The zero-order valence-corrected chi connectivity index (χ0v) is 9.27. The summed E-state index contributed by atoms with van der Waals surface area (Å²) in [4.78, 5) is 16.9. The van der Waals surface area contributed by atoms with Crippen LogP contribution < -0.4 is 0 Å². The lowest BCUT2D eigenvalue weighted by molar-refractivity contribution is 0.0794. The Hall–Kier alpha value is -0.160. The number of hydrogen-bond acceptors (Lipinski definition) is 5. The van der Waals surface area contributed by atoms with Crippen LogP contribution in [0.5, 0.6) is 0 Å². The van der Waals surface area contributed by atoms with Crippen molar-refractivity contribution in [1.29, 1.82) is 0 Å². The van der Waals surface area contributed by atoms with Gasteiger partial charge in [0.05, 0.1) is 11.9 Å². The Morgan fingerprint density at radius 3 is 2.50 bits per heavy atom. The Kier molecular flexibility index (Phi) is 2.94. The zero-order valence-electron chi connectivity index (χ0n) is 7.48. The van der Waals surface area contributed by atoms with Crippen molar-refractivity contribution in [3.8, 4) is 0 Å². The van der Waals surface area contributed by atoms with Crippen molar-refractivity contribution in [2.75, 3.05) is 0 Å². The molecule has 14 heavy (non-hydrogen) atoms. The minimum absolute atomic E-state index is 0.955. The van der Waals surface area contributed by atoms with E-state index in [1.165, 1.54) is 6.08 Å². The first-order valence-electron chi connectivity index (χ1n) is 3.56. The number of phosphoric acid groups is 2. The molecule has 1 rings (SSSR count). The quantitative estimate of drug-likeness (QED) is 0.710. The minimum Gasteiger partial charge on any atom is -0.412 e. The lowest BCUT2D eigenvalue weighted by Gasteiger charge is -2.29. The summed E-state index contributed by atoms with van der Waals surface area (Å²) >= 11 is 0. The van der Waals surface area contributed by atoms with Crippen LogP contribution >= 0.6 is 15.6 Å². The molecule has 7 nitrogen and oxygen atoms in total. The van der Waals surface area contributed by atoms with E-state index < -0.39 is 21.2 Å². The second kappa shape index (κ2) is 3.45. The van der Waals surface area contributed by atoms with Crippen molar-refractivity contribution in [2.24, 2.45) is 0 Å². The molecule has 1 atom stereocenters. The van der Waals surface area contributed by atoms with Crippen molar-refractivity contribution < 1.29 is 32.3 Å². The fraction of sp³-hybridized carbons (Fsp3) is 0.600. The summed E-state index contributed by atoms with van der Waals surface area (Å²) in [5, 5.41) is 0. The van der Waals surface area contributed by atoms with Gasteiger partial charge >= 0.3 is 15.6 Å². The molecule has 9 heteroatoms. The molecule has 0 aromatic carbocycles. The van der Waals surface area contributed by atoms with Gasteiger partial charge in [0, 0.05) is 0 Å². The van der Waals surface area contributed by atoms with Crippen molar-refractivity contribution in [2.45, 2.75) is 19.4 Å². The monoisotopic (exact) mass is 244 g/mol. The molecule has 0 amide bonds. The van der Waals surface area contributed by atoms with E-state index in [1.807, 2.05) is 0 Å². The van der Waals surface area contributed by atoms with Crippen LogP contribution in [-0.4, -0.2) is 15.4 Å². The summed E-state index contributed by atoms with van der Waals surface area (Å²) < 4.78 is 35.0. The van der Waals surface area contributed by atoms with Gasteiger partial charge in [-0.3, -0.25) is 4.52 Å². The maximum Gasteiger partial charge on any atom is 0.539 e. The topological polar surface area (TPSA) is 102 Å². The van der Waals surface area contributed by atoms with Gasteiger partial charge < -0.3 is 14.3 Å². The zero-order chi connectivity index (χ0) is 11.0. The largest absolute Gasteiger partial charge is 0.539 e. The first-order chi connectivity index (χ1) is 6.12. The average Bonchev–Trinajstić information content (AvgIpc) is 1.75. The number of rotatable bonds is 2. The van der Waals surface area contributed by atoms with Crippen molar-refractivity contribution >= 4 is 15.6 Å². The fourth-order valence-corrected chi connectivity index (χ4v) is 2.99. The molecular formula is C5H10O7P2. The predicted octanol–water partition coefficient (Wildman–Crippen LogP) is 1.54. The molecule has 0 fully saturated rings. The SMILES string of the molecule is CC1(C)C=COP(=O)(OP(=O)(O)O)O1. The van der Waals surface area contributed by atoms with Gasteiger partial charge in [-0.05, 0) is 19.9 Å². The van der Waals surface area contributed by atoms with Gasteiger partial charge in [-0.1, -0.05) is 0 Å². The highest BCUT2D eigenvalue weighted by Crippen LogP contribution is 2.64. The summed E-state index contributed by atoms with van der Waals surface area (Å²) in [5.74, 6) is 0. The summed E-state index contributed by atoms with van der Waals surface area (Å²) in [6.45, 7) is 3.09.